The van der Waals surface area contributed by atoms with E-state index in [1.807, 2.05) is 43.3 Å². The maximum absolute atomic E-state index is 14.5. The van der Waals surface area contributed by atoms with Gasteiger partial charge in [0.2, 0.25) is 0 Å². The van der Waals surface area contributed by atoms with E-state index in [4.69, 9.17) is 5.10 Å². The number of rotatable bonds is 4. The second-order valence-electron chi connectivity index (χ2n) is 16.0. The standard InChI is InChI=1S/C40H44N6O2/c1-23-31-35(44-43-23)41-28-19-38(5,21-30(48)34(28)39(31,6)25-14-10-8-11-15-25)22-46-24(2)32-36(45-46)42-27-18-37(3,4)20-29(47)33(27)40(32,7)26-16-12-9-13-17-26/h8-17H,18-22H2,1-7H3,(H,42,45)(H2,41,43,44)/t38?,39-,40+/m0/s1. The number of aromatic nitrogens is 4. The van der Waals surface area contributed by atoms with Crippen molar-refractivity contribution in [3.63, 3.8) is 0 Å². The number of benzene rings is 2. The van der Waals surface area contributed by atoms with Crippen LogP contribution in [0.1, 0.15) is 93.9 Å². The Morgan fingerprint density at radius 3 is 1.85 bits per heavy atom. The molecule has 8 heteroatoms. The van der Waals surface area contributed by atoms with Crippen LogP contribution in [-0.4, -0.2) is 31.5 Å². The molecule has 8 rings (SSSR count). The molecule has 4 aromatic rings. The summed E-state index contributed by atoms with van der Waals surface area (Å²) in [6, 6.07) is 20.7. The molecular formula is C40H44N6O2. The normalized spacial score (nSPS) is 27.5. The Labute approximate surface area is 282 Å². The van der Waals surface area contributed by atoms with Crippen molar-refractivity contribution in [1.82, 2.24) is 20.0 Å². The minimum Gasteiger partial charge on any atom is -0.342 e. The number of fused-ring (bicyclic) bond motifs is 2. The molecule has 1 unspecified atom stereocenters. The summed E-state index contributed by atoms with van der Waals surface area (Å²) in [7, 11) is 0. The lowest BCUT2D eigenvalue weighted by Gasteiger charge is -2.45. The van der Waals surface area contributed by atoms with Crippen LogP contribution < -0.4 is 10.6 Å². The van der Waals surface area contributed by atoms with E-state index in [0.717, 1.165) is 74.2 Å². The van der Waals surface area contributed by atoms with E-state index in [0.29, 0.717) is 25.8 Å². The molecule has 0 fully saturated rings. The molecule has 48 heavy (non-hydrogen) atoms. The van der Waals surface area contributed by atoms with Crippen molar-refractivity contribution in [3.8, 4) is 0 Å². The lowest BCUT2D eigenvalue weighted by atomic mass is 9.61. The van der Waals surface area contributed by atoms with E-state index in [1.54, 1.807) is 0 Å². The molecule has 0 saturated carbocycles. The van der Waals surface area contributed by atoms with Crippen molar-refractivity contribution < 1.29 is 9.59 Å². The molecule has 0 bridgehead atoms. The van der Waals surface area contributed by atoms with Gasteiger partial charge in [0.05, 0.1) is 10.8 Å². The third-order valence-electron chi connectivity index (χ3n) is 11.6. The summed E-state index contributed by atoms with van der Waals surface area (Å²) >= 11 is 0. The van der Waals surface area contributed by atoms with Crippen LogP contribution in [-0.2, 0) is 27.0 Å². The number of hydrogen-bond acceptors (Lipinski definition) is 6. The minimum atomic E-state index is -0.650. The first kappa shape index (κ1) is 30.6. The quantitative estimate of drug-likeness (QED) is 0.212. The molecule has 2 aromatic heterocycles. The maximum atomic E-state index is 14.5. The zero-order valence-electron chi connectivity index (χ0n) is 29.0. The highest BCUT2D eigenvalue weighted by molar-refractivity contribution is 6.04. The van der Waals surface area contributed by atoms with Gasteiger partial charge >= 0.3 is 0 Å². The van der Waals surface area contributed by atoms with Gasteiger partial charge in [-0.15, -0.1) is 0 Å². The molecule has 3 N–H and O–H groups in total. The number of ketones is 2. The summed E-state index contributed by atoms with van der Waals surface area (Å²) in [6.45, 7) is 15.6. The van der Waals surface area contributed by atoms with Crippen LogP contribution in [0, 0.1) is 24.7 Å². The maximum Gasteiger partial charge on any atom is 0.162 e. The molecule has 0 amide bonds. The first-order valence-corrected chi connectivity index (χ1v) is 17.1. The van der Waals surface area contributed by atoms with Crippen molar-refractivity contribution in [2.45, 2.75) is 91.5 Å². The van der Waals surface area contributed by atoms with Gasteiger partial charge in [0, 0.05) is 64.4 Å². The molecule has 8 nitrogen and oxygen atoms in total. The predicted octanol–water partition coefficient (Wildman–Crippen LogP) is 7.65. The van der Waals surface area contributed by atoms with Crippen LogP contribution in [0.4, 0.5) is 11.6 Å². The number of nitrogens with one attached hydrogen (secondary N) is 3. The molecule has 246 valence electrons. The molecule has 2 aromatic carbocycles. The number of carbonyl (C=O) groups is 2. The van der Waals surface area contributed by atoms with Crippen LogP contribution in [0.5, 0.6) is 0 Å². The molecular weight excluding hydrogens is 596 g/mol. The second-order valence-corrected chi connectivity index (χ2v) is 16.0. The largest absolute Gasteiger partial charge is 0.342 e. The summed E-state index contributed by atoms with van der Waals surface area (Å²) in [5.74, 6) is 1.93. The molecule has 3 atom stereocenters. The SMILES string of the molecule is Cc1[nH]nc2c1[C@](C)(c1ccccc1)C1=C(CC(C)(Cn3nc4c(c3C)[C@@](C)(c3ccccc3)C3=C(CC(C)(C)CC3=O)N4)CC1=O)N2. The minimum absolute atomic E-state index is 0.134. The zero-order valence-corrected chi connectivity index (χ0v) is 29.0. The van der Waals surface area contributed by atoms with Gasteiger partial charge in [-0.05, 0) is 62.5 Å². The van der Waals surface area contributed by atoms with Crippen LogP contribution in [0.15, 0.2) is 83.2 Å². The van der Waals surface area contributed by atoms with Gasteiger partial charge in [-0.3, -0.25) is 19.4 Å². The van der Waals surface area contributed by atoms with E-state index in [9.17, 15) is 9.59 Å². The molecule has 0 radical (unpaired) electrons. The number of allylic oxidation sites excluding steroid dienone is 4. The smallest absolute Gasteiger partial charge is 0.162 e. The fourth-order valence-corrected chi connectivity index (χ4v) is 9.56. The highest BCUT2D eigenvalue weighted by Gasteiger charge is 2.52. The Kier molecular flexibility index (Phi) is 6.47. The van der Waals surface area contributed by atoms with Gasteiger partial charge in [-0.2, -0.15) is 10.2 Å². The fraction of sp³-hybridized carbons (Fsp3) is 0.400. The van der Waals surface area contributed by atoms with E-state index >= 15 is 0 Å². The first-order chi connectivity index (χ1) is 22.7. The molecule has 2 aliphatic heterocycles. The van der Waals surface area contributed by atoms with Gasteiger partial charge in [-0.1, -0.05) is 81.4 Å². The Balaban J connectivity index is 1.21. The summed E-state index contributed by atoms with van der Waals surface area (Å²) in [5.41, 5.74) is 7.99. The second kappa shape index (κ2) is 10.1. The number of Topliss-reactive ketones (excluding diaryl/α,β-unsaturated/α-hetero) is 2. The fourth-order valence-electron chi connectivity index (χ4n) is 9.56. The van der Waals surface area contributed by atoms with Gasteiger partial charge in [0.25, 0.3) is 0 Å². The van der Waals surface area contributed by atoms with Crippen LogP contribution >= 0.6 is 0 Å². The third kappa shape index (κ3) is 4.27. The van der Waals surface area contributed by atoms with Crippen LogP contribution in [0.2, 0.25) is 0 Å². The van der Waals surface area contributed by atoms with E-state index in [1.165, 1.54) is 0 Å². The summed E-state index contributed by atoms with van der Waals surface area (Å²) < 4.78 is 2.08. The lowest BCUT2D eigenvalue weighted by Crippen LogP contribution is -2.44. The summed E-state index contributed by atoms with van der Waals surface area (Å²) in [4.78, 5) is 28.4. The first-order valence-electron chi connectivity index (χ1n) is 17.1. The van der Waals surface area contributed by atoms with E-state index in [2.05, 4.69) is 91.3 Å². The Hall–Kier alpha value is -4.72. The predicted molar refractivity (Wildman–Crippen MR) is 188 cm³/mol. The van der Waals surface area contributed by atoms with Gasteiger partial charge in [-0.25, -0.2) is 0 Å². The van der Waals surface area contributed by atoms with Crippen molar-refractivity contribution >= 4 is 23.2 Å². The summed E-state index contributed by atoms with van der Waals surface area (Å²) in [5, 5.41) is 20.3. The number of aromatic amines is 1. The number of anilines is 2. The summed E-state index contributed by atoms with van der Waals surface area (Å²) in [6.07, 6.45) is 2.38. The highest BCUT2D eigenvalue weighted by atomic mass is 16.1. The monoisotopic (exact) mass is 640 g/mol. The van der Waals surface area contributed by atoms with Gasteiger partial charge in [0.15, 0.2) is 23.2 Å². The number of carbonyl (C=O) groups excluding carboxylic acids is 2. The Morgan fingerprint density at radius 2 is 1.23 bits per heavy atom. The average Bonchev–Trinajstić information content (AvgIpc) is 3.55. The Morgan fingerprint density at radius 1 is 0.688 bits per heavy atom. The number of nitrogens with zero attached hydrogens (tertiary/aromatic N) is 3. The van der Waals surface area contributed by atoms with Gasteiger partial charge in [0.1, 0.15) is 0 Å². The number of H-pyrrole nitrogens is 1. The average molecular weight is 641 g/mol. The molecule has 2 aliphatic carbocycles. The molecule has 0 saturated heterocycles. The molecule has 4 aliphatic rings. The topological polar surface area (TPSA) is 105 Å². The Bertz CT molecular complexity index is 2080. The highest BCUT2D eigenvalue weighted by Crippen LogP contribution is 2.55. The zero-order chi connectivity index (χ0) is 33.8. The molecule has 0 spiro atoms. The number of hydrogen-bond donors (Lipinski definition) is 3. The van der Waals surface area contributed by atoms with E-state index < -0.39 is 16.2 Å². The van der Waals surface area contributed by atoms with Crippen molar-refractivity contribution in [2.75, 3.05) is 10.6 Å². The van der Waals surface area contributed by atoms with Crippen LogP contribution in [0.25, 0.3) is 0 Å². The third-order valence-corrected chi connectivity index (χ3v) is 11.6. The van der Waals surface area contributed by atoms with Crippen molar-refractivity contribution in [3.05, 3.63) is 117 Å². The van der Waals surface area contributed by atoms with E-state index in [-0.39, 0.29) is 17.0 Å². The number of aryl methyl sites for hydroxylation is 1. The molecule has 4 heterocycles. The van der Waals surface area contributed by atoms with Crippen molar-refractivity contribution in [1.29, 1.82) is 0 Å². The van der Waals surface area contributed by atoms with Gasteiger partial charge < -0.3 is 10.6 Å². The lowest BCUT2D eigenvalue weighted by molar-refractivity contribution is -0.119. The van der Waals surface area contributed by atoms with Crippen LogP contribution in [0.3, 0.4) is 0 Å². The van der Waals surface area contributed by atoms with Crippen molar-refractivity contribution in [2.24, 2.45) is 10.8 Å².